The van der Waals surface area contributed by atoms with Crippen LogP contribution in [0, 0.1) is 11.6 Å². The maximum atomic E-state index is 13.3. The summed E-state index contributed by atoms with van der Waals surface area (Å²) in [4.78, 5) is 4.16. The molecular formula is C17H13F2N3O2S. The first-order valence-corrected chi connectivity index (χ1v) is 9.04. The van der Waals surface area contributed by atoms with Gasteiger partial charge in [0.25, 0.3) is 0 Å². The van der Waals surface area contributed by atoms with Crippen LogP contribution in [0.1, 0.15) is 6.92 Å². The van der Waals surface area contributed by atoms with E-state index in [1.807, 2.05) is 0 Å². The van der Waals surface area contributed by atoms with Gasteiger partial charge in [-0.2, -0.15) is 0 Å². The van der Waals surface area contributed by atoms with Crippen molar-refractivity contribution < 1.29 is 17.2 Å². The van der Waals surface area contributed by atoms with Crippen LogP contribution in [0.5, 0.6) is 0 Å². The Hall–Kier alpha value is -2.74. The van der Waals surface area contributed by atoms with Crippen molar-refractivity contribution in [3.8, 4) is 22.6 Å². The van der Waals surface area contributed by atoms with E-state index in [0.29, 0.717) is 0 Å². The second-order valence-electron chi connectivity index (χ2n) is 5.22. The van der Waals surface area contributed by atoms with Crippen molar-refractivity contribution in [2.45, 2.75) is 11.8 Å². The molecule has 0 atom stereocenters. The van der Waals surface area contributed by atoms with Crippen LogP contribution in [-0.4, -0.2) is 29.4 Å². The summed E-state index contributed by atoms with van der Waals surface area (Å²) in [7, 11) is -3.48. The number of sulfone groups is 1. The smallest absolute Gasteiger partial charge is 0.180 e. The molecule has 0 unspecified atom stereocenters. The molecule has 1 aromatic carbocycles. The molecule has 128 valence electrons. The summed E-state index contributed by atoms with van der Waals surface area (Å²) in [5.74, 6) is -1.51. The van der Waals surface area contributed by atoms with Gasteiger partial charge in [0.1, 0.15) is 23.0 Å². The van der Waals surface area contributed by atoms with Gasteiger partial charge in [-0.25, -0.2) is 17.2 Å². The summed E-state index contributed by atoms with van der Waals surface area (Å²) in [6.45, 7) is 1.54. The van der Waals surface area contributed by atoms with Gasteiger partial charge in [-0.3, -0.25) is 4.98 Å². The zero-order chi connectivity index (χ0) is 18.0. The molecule has 0 spiro atoms. The van der Waals surface area contributed by atoms with Crippen LogP contribution in [0.4, 0.5) is 8.78 Å². The van der Waals surface area contributed by atoms with Gasteiger partial charge in [-0.05, 0) is 36.4 Å². The standard InChI is InChI=1S/C17H13F2N3O2S/c1-2-25(23,24)16-4-3-7-20-17(16)15-6-5-14(21-22-15)11-8-12(18)10-13(19)9-11/h3-10H,2H2,1H3. The van der Waals surface area contributed by atoms with E-state index in [-0.39, 0.29) is 33.3 Å². The molecule has 3 rings (SSSR count). The highest BCUT2D eigenvalue weighted by molar-refractivity contribution is 7.91. The van der Waals surface area contributed by atoms with Gasteiger partial charge in [0, 0.05) is 17.8 Å². The number of aromatic nitrogens is 3. The monoisotopic (exact) mass is 361 g/mol. The van der Waals surface area contributed by atoms with E-state index < -0.39 is 21.5 Å². The lowest BCUT2D eigenvalue weighted by Gasteiger charge is -2.08. The topological polar surface area (TPSA) is 72.8 Å². The van der Waals surface area contributed by atoms with Crippen molar-refractivity contribution in [1.82, 2.24) is 15.2 Å². The number of pyridine rings is 1. The SMILES string of the molecule is CCS(=O)(=O)c1cccnc1-c1ccc(-c2cc(F)cc(F)c2)nn1. The maximum Gasteiger partial charge on any atom is 0.180 e. The van der Waals surface area contributed by atoms with Crippen molar-refractivity contribution in [3.63, 3.8) is 0 Å². The third kappa shape index (κ3) is 3.53. The lowest BCUT2D eigenvalue weighted by molar-refractivity contribution is 0.584. The van der Waals surface area contributed by atoms with E-state index in [0.717, 1.165) is 18.2 Å². The van der Waals surface area contributed by atoms with Gasteiger partial charge >= 0.3 is 0 Å². The predicted octanol–water partition coefficient (Wildman–Crippen LogP) is 3.28. The van der Waals surface area contributed by atoms with Crippen LogP contribution in [0.25, 0.3) is 22.6 Å². The molecule has 2 heterocycles. The molecule has 0 bridgehead atoms. The highest BCUT2D eigenvalue weighted by atomic mass is 32.2. The molecule has 0 aliphatic rings. The van der Waals surface area contributed by atoms with Crippen LogP contribution in [-0.2, 0) is 9.84 Å². The van der Waals surface area contributed by atoms with Gasteiger partial charge in [-0.15, -0.1) is 10.2 Å². The second-order valence-corrected chi connectivity index (χ2v) is 7.46. The molecule has 8 heteroatoms. The highest BCUT2D eigenvalue weighted by Crippen LogP contribution is 2.26. The third-order valence-corrected chi connectivity index (χ3v) is 5.31. The quantitative estimate of drug-likeness (QED) is 0.713. The summed E-state index contributed by atoms with van der Waals surface area (Å²) in [6, 6.07) is 9.06. The summed E-state index contributed by atoms with van der Waals surface area (Å²) >= 11 is 0. The van der Waals surface area contributed by atoms with Gasteiger partial charge in [0.05, 0.1) is 16.3 Å². The first-order valence-electron chi connectivity index (χ1n) is 7.39. The Kier molecular flexibility index (Phi) is 4.54. The molecule has 25 heavy (non-hydrogen) atoms. The van der Waals surface area contributed by atoms with Crippen LogP contribution >= 0.6 is 0 Å². The van der Waals surface area contributed by atoms with Crippen LogP contribution < -0.4 is 0 Å². The molecule has 0 amide bonds. The second kappa shape index (κ2) is 6.64. The number of rotatable bonds is 4. The fraction of sp³-hybridized carbons (Fsp3) is 0.118. The molecule has 0 saturated carbocycles. The fourth-order valence-electron chi connectivity index (χ4n) is 2.30. The molecule has 0 N–H and O–H groups in total. The van der Waals surface area contributed by atoms with E-state index in [1.165, 1.54) is 30.5 Å². The zero-order valence-electron chi connectivity index (χ0n) is 13.1. The summed E-state index contributed by atoms with van der Waals surface area (Å²) in [5, 5.41) is 7.91. The van der Waals surface area contributed by atoms with Crippen LogP contribution in [0.3, 0.4) is 0 Å². The van der Waals surface area contributed by atoms with E-state index >= 15 is 0 Å². The number of nitrogens with zero attached hydrogens (tertiary/aromatic N) is 3. The molecule has 0 fully saturated rings. The normalized spacial score (nSPS) is 11.5. The molecule has 5 nitrogen and oxygen atoms in total. The zero-order valence-corrected chi connectivity index (χ0v) is 14.0. The maximum absolute atomic E-state index is 13.3. The molecule has 0 saturated heterocycles. The Balaban J connectivity index is 2.05. The Bertz CT molecular complexity index is 1000. The molecule has 2 aromatic heterocycles. The van der Waals surface area contributed by atoms with Crippen molar-refractivity contribution >= 4 is 9.84 Å². The molecule has 3 aromatic rings. The first kappa shape index (κ1) is 17.1. The molecule has 0 radical (unpaired) electrons. The first-order chi connectivity index (χ1) is 11.9. The van der Waals surface area contributed by atoms with E-state index in [2.05, 4.69) is 15.2 Å². The molecule has 0 aliphatic heterocycles. The fourth-order valence-corrected chi connectivity index (χ4v) is 3.35. The van der Waals surface area contributed by atoms with E-state index in [9.17, 15) is 17.2 Å². The van der Waals surface area contributed by atoms with Crippen molar-refractivity contribution in [2.24, 2.45) is 0 Å². The highest BCUT2D eigenvalue weighted by Gasteiger charge is 2.19. The minimum Gasteiger partial charge on any atom is -0.253 e. The Labute approximate surface area is 143 Å². The average molecular weight is 361 g/mol. The number of benzene rings is 1. The summed E-state index contributed by atoms with van der Waals surface area (Å²) in [6.07, 6.45) is 1.46. The Morgan fingerprint density at radius 1 is 0.960 bits per heavy atom. The molecular weight excluding hydrogens is 348 g/mol. The third-order valence-electron chi connectivity index (χ3n) is 3.55. The van der Waals surface area contributed by atoms with Crippen molar-refractivity contribution in [2.75, 3.05) is 5.75 Å². The van der Waals surface area contributed by atoms with Gasteiger partial charge < -0.3 is 0 Å². The van der Waals surface area contributed by atoms with Gasteiger partial charge in [0.2, 0.25) is 0 Å². The minimum absolute atomic E-state index is 0.0661. The van der Waals surface area contributed by atoms with Crippen LogP contribution in [0.15, 0.2) is 53.6 Å². The number of hydrogen-bond donors (Lipinski definition) is 0. The molecule has 0 aliphatic carbocycles. The lowest BCUT2D eigenvalue weighted by Crippen LogP contribution is -2.07. The van der Waals surface area contributed by atoms with Crippen LogP contribution in [0.2, 0.25) is 0 Å². The summed E-state index contributed by atoms with van der Waals surface area (Å²) < 4.78 is 51.0. The van der Waals surface area contributed by atoms with Crippen molar-refractivity contribution in [3.05, 3.63) is 60.3 Å². The minimum atomic E-state index is -3.48. The summed E-state index contributed by atoms with van der Waals surface area (Å²) in [5.41, 5.74) is 0.944. The largest absolute Gasteiger partial charge is 0.253 e. The van der Waals surface area contributed by atoms with Crippen molar-refractivity contribution in [1.29, 1.82) is 0 Å². The number of hydrogen-bond acceptors (Lipinski definition) is 5. The Morgan fingerprint density at radius 3 is 2.20 bits per heavy atom. The van der Waals surface area contributed by atoms with E-state index in [4.69, 9.17) is 0 Å². The Morgan fingerprint density at radius 2 is 1.60 bits per heavy atom. The van der Waals surface area contributed by atoms with Gasteiger partial charge in [-0.1, -0.05) is 6.92 Å². The van der Waals surface area contributed by atoms with Gasteiger partial charge in [0.15, 0.2) is 9.84 Å². The predicted molar refractivity (Wildman–Crippen MR) is 88.3 cm³/mol. The van der Waals surface area contributed by atoms with E-state index in [1.54, 1.807) is 6.92 Å². The average Bonchev–Trinajstić information content (AvgIpc) is 2.61. The number of halogens is 2. The lowest BCUT2D eigenvalue weighted by atomic mass is 10.1.